The number of rotatable bonds is 6. The third kappa shape index (κ3) is 3.37. The largest absolute Gasteiger partial charge is 0.493 e. The third-order valence-corrected chi connectivity index (χ3v) is 5.09. The number of thioether (sulfide) groups is 1. The highest BCUT2D eigenvalue weighted by atomic mass is 32.2. The van der Waals surface area contributed by atoms with Crippen molar-refractivity contribution in [3.63, 3.8) is 0 Å². The van der Waals surface area contributed by atoms with E-state index in [0.717, 1.165) is 10.7 Å². The van der Waals surface area contributed by atoms with Gasteiger partial charge in [0.05, 0.1) is 45.2 Å². The molecule has 0 radical (unpaired) electrons. The molecule has 0 fully saturated rings. The maximum Gasteiger partial charge on any atom is 0.338 e. The first-order chi connectivity index (χ1) is 13.0. The number of allylic oxidation sites excluding steroid dienone is 1. The fraction of sp³-hybridized carbons (Fsp3) is 0.368. The van der Waals surface area contributed by atoms with Crippen LogP contribution in [0.4, 0.5) is 0 Å². The van der Waals surface area contributed by atoms with Crippen LogP contribution in [0.25, 0.3) is 0 Å². The van der Waals surface area contributed by atoms with E-state index in [4.69, 9.17) is 18.9 Å². The van der Waals surface area contributed by atoms with E-state index in [9.17, 15) is 4.79 Å². The van der Waals surface area contributed by atoms with E-state index in [1.807, 2.05) is 35.6 Å². The normalized spacial score (nSPS) is 18.2. The Kier molecular flexibility index (Phi) is 5.65. The number of benzene rings is 1. The molecule has 0 N–H and O–H groups in total. The molecule has 1 atom stereocenters. The van der Waals surface area contributed by atoms with Crippen molar-refractivity contribution in [3.05, 3.63) is 40.6 Å². The summed E-state index contributed by atoms with van der Waals surface area (Å²) in [5, 5.41) is 2.74. The summed E-state index contributed by atoms with van der Waals surface area (Å²) in [6.07, 6.45) is 1.91. The fourth-order valence-corrected chi connectivity index (χ4v) is 3.95. The zero-order valence-corrected chi connectivity index (χ0v) is 16.8. The van der Waals surface area contributed by atoms with Crippen molar-refractivity contribution in [1.82, 2.24) is 4.90 Å². The monoisotopic (exact) mass is 390 g/mol. The molecule has 0 saturated carbocycles. The summed E-state index contributed by atoms with van der Waals surface area (Å²) in [5.74, 6) is 1.15. The molecule has 1 unspecified atom stereocenters. The summed E-state index contributed by atoms with van der Waals surface area (Å²) < 4.78 is 21.7. The Bertz CT molecular complexity index is 821. The molecule has 144 valence electrons. The van der Waals surface area contributed by atoms with E-state index in [2.05, 4.69) is 4.99 Å². The summed E-state index contributed by atoms with van der Waals surface area (Å²) in [6.45, 7) is 3.89. The molecule has 1 aromatic rings. The predicted molar refractivity (Wildman–Crippen MR) is 104 cm³/mol. The van der Waals surface area contributed by atoms with E-state index in [0.29, 0.717) is 35.1 Å². The topological polar surface area (TPSA) is 69.6 Å². The van der Waals surface area contributed by atoms with Gasteiger partial charge in [-0.25, -0.2) is 9.79 Å². The van der Waals surface area contributed by atoms with Crippen LogP contribution in [0.1, 0.15) is 25.5 Å². The Morgan fingerprint density at radius 1 is 1.19 bits per heavy atom. The van der Waals surface area contributed by atoms with Crippen LogP contribution in [0.2, 0.25) is 0 Å². The molecular weight excluding hydrogens is 368 g/mol. The molecule has 0 aliphatic carbocycles. The summed E-state index contributed by atoms with van der Waals surface area (Å²) in [7, 11) is 4.68. The molecule has 1 aromatic carbocycles. The quantitative estimate of drug-likeness (QED) is 0.689. The van der Waals surface area contributed by atoms with Crippen molar-refractivity contribution < 1.29 is 23.7 Å². The summed E-state index contributed by atoms with van der Waals surface area (Å²) in [6, 6.07) is 3.29. The molecule has 2 aliphatic rings. The van der Waals surface area contributed by atoms with Gasteiger partial charge in [0.2, 0.25) is 5.75 Å². The minimum atomic E-state index is -0.406. The van der Waals surface area contributed by atoms with Gasteiger partial charge >= 0.3 is 5.97 Å². The first kappa shape index (κ1) is 19.2. The molecule has 0 spiro atoms. The Balaban J connectivity index is 2.18. The van der Waals surface area contributed by atoms with Crippen LogP contribution in [0.5, 0.6) is 17.2 Å². The SMILES string of the molecule is CCOC(=O)C1=C(C)N=C2SC=CN2C1c1cc(OC)c(OC)c(OC)c1. The summed E-state index contributed by atoms with van der Waals surface area (Å²) >= 11 is 1.51. The van der Waals surface area contributed by atoms with Crippen molar-refractivity contribution in [2.75, 3.05) is 27.9 Å². The minimum Gasteiger partial charge on any atom is -0.493 e. The Morgan fingerprint density at radius 3 is 2.41 bits per heavy atom. The van der Waals surface area contributed by atoms with Crippen LogP contribution < -0.4 is 14.2 Å². The van der Waals surface area contributed by atoms with Gasteiger partial charge in [-0.15, -0.1) is 0 Å². The number of carbonyl (C=O) groups excluding carboxylic acids is 1. The number of aliphatic imine (C=N–C) groups is 1. The third-order valence-electron chi connectivity index (χ3n) is 4.32. The number of amidine groups is 1. The molecule has 0 bridgehead atoms. The second-order valence-corrected chi connectivity index (χ2v) is 6.66. The number of carbonyl (C=O) groups is 1. The van der Waals surface area contributed by atoms with Gasteiger partial charge < -0.3 is 23.8 Å². The first-order valence-electron chi connectivity index (χ1n) is 8.43. The van der Waals surface area contributed by atoms with E-state index in [1.54, 1.807) is 28.3 Å². The van der Waals surface area contributed by atoms with Crippen LogP contribution in [0.3, 0.4) is 0 Å². The van der Waals surface area contributed by atoms with Crippen molar-refractivity contribution >= 4 is 22.9 Å². The van der Waals surface area contributed by atoms with Gasteiger partial charge in [0.1, 0.15) is 0 Å². The highest BCUT2D eigenvalue weighted by Gasteiger charge is 2.38. The highest BCUT2D eigenvalue weighted by molar-refractivity contribution is 8.16. The maximum atomic E-state index is 12.7. The fourth-order valence-electron chi connectivity index (χ4n) is 3.16. The van der Waals surface area contributed by atoms with Crippen LogP contribution in [0.15, 0.2) is 40.0 Å². The average Bonchev–Trinajstić information content (AvgIpc) is 3.13. The standard InChI is InChI=1S/C19H22N2O5S/c1-6-26-18(22)15-11(2)20-19-21(7-8-27-19)16(15)12-9-13(23-3)17(25-5)14(10-12)24-4/h7-10,16H,6H2,1-5H3. The molecule has 2 heterocycles. The van der Waals surface area contributed by atoms with Crippen LogP contribution in [-0.4, -0.2) is 44.0 Å². The van der Waals surface area contributed by atoms with Gasteiger partial charge in [-0.2, -0.15) is 0 Å². The van der Waals surface area contributed by atoms with Gasteiger partial charge in [-0.05, 0) is 37.0 Å². The number of nitrogens with zero attached hydrogens (tertiary/aromatic N) is 2. The summed E-state index contributed by atoms with van der Waals surface area (Å²) in [5.41, 5.74) is 1.93. The number of ether oxygens (including phenoxy) is 4. The molecule has 0 aromatic heterocycles. The molecule has 27 heavy (non-hydrogen) atoms. The number of methoxy groups -OCH3 is 3. The van der Waals surface area contributed by atoms with Crippen molar-refractivity contribution in [2.45, 2.75) is 19.9 Å². The number of fused-ring (bicyclic) bond motifs is 1. The zero-order valence-electron chi connectivity index (χ0n) is 15.9. The Labute approximate surface area is 162 Å². The predicted octanol–water partition coefficient (Wildman–Crippen LogP) is 3.48. The lowest BCUT2D eigenvalue weighted by Crippen LogP contribution is -2.34. The second kappa shape index (κ2) is 7.96. The van der Waals surface area contributed by atoms with E-state index in [1.165, 1.54) is 11.8 Å². The van der Waals surface area contributed by atoms with Gasteiger partial charge in [0, 0.05) is 6.20 Å². The molecule has 2 aliphatic heterocycles. The van der Waals surface area contributed by atoms with Crippen LogP contribution >= 0.6 is 11.8 Å². The van der Waals surface area contributed by atoms with Crippen LogP contribution in [-0.2, 0) is 9.53 Å². The lowest BCUT2D eigenvalue weighted by atomic mass is 9.94. The lowest BCUT2D eigenvalue weighted by Gasteiger charge is -2.33. The zero-order chi connectivity index (χ0) is 19.6. The molecule has 0 amide bonds. The number of hydrogen-bond acceptors (Lipinski definition) is 8. The van der Waals surface area contributed by atoms with Crippen molar-refractivity contribution in [1.29, 1.82) is 0 Å². The highest BCUT2D eigenvalue weighted by Crippen LogP contribution is 2.46. The van der Waals surface area contributed by atoms with Crippen molar-refractivity contribution in [3.8, 4) is 17.2 Å². The molecule has 0 saturated heterocycles. The van der Waals surface area contributed by atoms with Crippen LogP contribution in [0, 0.1) is 0 Å². The summed E-state index contributed by atoms with van der Waals surface area (Å²) in [4.78, 5) is 19.2. The molecular formula is C19H22N2O5S. The Hall–Kier alpha value is -2.61. The average molecular weight is 390 g/mol. The number of esters is 1. The van der Waals surface area contributed by atoms with Gasteiger partial charge in [0.25, 0.3) is 0 Å². The number of hydrogen-bond donors (Lipinski definition) is 0. The van der Waals surface area contributed by atoms with E-state index >= 15 is 0 Å². The second-order valence-electron chi connectivity index (χ2n) is 5.79. The van der Waals surface area contributed by atoms with Gasteiger partial charge in [-0.1, -0.05) is 11.8 Å². The smallest absolute Gasteiger partial charge is 0.338 e. The maximum absolute atomic E-state index is 12.7. The van der Waals surface area contributed by atoms with E-state index < -0.39 is 6.04 Å². The first-order valence-corrected chi connectivity index (χ1v) is 9.31. The Morgan fingerprint density at radius 2 is 1.85 bits per heavy atom. The van der Waals surface area contributed by atoms with E-state index in [-0.39, 0.29) is 5.97 Å². The van der Waals surface area contributed by atoms with Crippen molar-refractivity contribution in [2.24, 2.45) is 4.99 Å². The lowest BCUT2D eigenvalue weighted by molar-refractivity contribution is -0.139. The van der Waals surface area contributed by atoms with Gasteiger partial charge in [-0.3, -0.25) is 0 Å². The molecule has 7 nitrogen and oxygen atoms in total. The molecule has 8 heteroatoms. The molecule has 3 rings (SSSR count). The minimum absolute atomic E-state index is 0.290. The van der Waals surface area contributed by atoms with Gasteiger partial charge in [0.15, 0.2) is 16.7 Å².